The van der Waals surface area contributed by atoms with Crippen molar-refractivity contribution < 1.29 is 0 Å². The Hall–Kier alpha value is 0.260. The second kappa shape index (κ2) is 5.93. The molecule has 0 aliphatic rings. The second-order valence-corrected chi connectivity index (χ2v) is 7.08. The van der Waals surface area contributed by atoms with E-state index in [0.717, 1.165) is 30.4 Å². The summed E-state index contributed by atoms with van der Waals surface area (Å²) in [6.45, 7) is 0.717. The summed E-state index contributed by atoms with van der Waals surface area (Å²) in [4.78, 5) is 1.16. The van der Waals surface area contributed by atoms with E-state index in [1.54, 1.807) is 11.3 Å². The van der Waals surface area contributed by atoms with Crippen LogP contribution in [0.3, 0.4) is 0 Å². The first-order chi connectivity index (χ1) is 8.08. The third-order valence-electron chi connectivity index (χ3n) is 2.10. The minimum absolute atomic E-state index is 0.695. The predicted octanol–water partition coefficient (Wildman–Crippen LogP) is 6.19. The van der Waals surface area contributed by atoms with E-state index in [9.17, 15) is 0 Å². The fourth-order valence-corrected chi connectivity index (χ4v) is 3.61. The molecule has 90 valence electrons. The molecule has 0 aliphatic heterocycles. The number of nitrogens with one attached hydrogen (secondary N) is 1. The van der Waals surface area contributed by atoms with Crippen molar-refractivity contribution in [3.8, 4) is 0 Å². The number of rotatable bonds is 3. The van der Waals surface area contributed by atoms with Gasteiger partial charge in [-0.3, -0.25) is 0 Å². The van der Waals surface area contributed by atoms with Gasteiger partial charge < -0.3 is 5.32 Å². The largest absolute Gasteiger partial charge is 0.379 e. The number of halogens is 4. The average Bonchev–Trinajstić information content (AvgIpc) is 2.61. The zero-order chi connectivity index (χ0) is 12.4. The van der Waals surface area contributed by atoms with Gasteiger partial charge in [-0.1, -0.05) is 29.3 Å². The van der Waals surface area contributed by atoms with Crippen molar-refractivity contribution in [2.45, 2.75) is 6.54 Å². The Kier molecular flexibility index (Phi) is 4.78. The summed E-state index contributed by atoms with van der Waals surface area (Å²) in [5.74, 6) is 0. The van der Waals surface area contributed by atoms with Crippen LogP contribution in [0.15, 0.2) is 33.2 Å². The van der Waals surface area contributed by atoms with Gasteiger partial charge in [-0.15, -0.1) is 11.3 Å². The zero-order valence-electron chi connectivity index (χ0n) is 8.44. The van der Waals surface area contributed by atoms with E-state index < -0.39 is 0 Å². The van der Waals surface area contributed by atoms with Crippen molar-refractivity contribution in [2.75, 3.05) is 5.32 Å². The predicted molar refractivity (Wildman–Crippen MR) is 83.5 cm³/mol. The van der Waals surface area contributed by atoms with Crippen LogP contribution in [0.2, 0.25) is 9.36 Å². The molecule has 17 heavy (non-hydrogen) atoms. The lowest BCUT2D eigenvalue weighted by Crippen LogP contribution is -1.98. The van der Waals surface area contributed by atoms with E-state index >= 15 is 0 Å². The molecule has 0 spiro atoms. The van der Waals surface area contributed by atoms with Crippen LogP contribution in [0.4, 0.5) is 5.69 Å². The van der Waals surface area contributed by atoms with Crippen LogP contribution in [0.25, 0.3) is 0 Å². The van der Waals surface area contributed by atoms with E-state index in [2.05, 4.69) is 37.2 Å². The number of hydrogen-bond acceptors (Lipinski definition) is 2. The van der Waals surface area contributed by atoms with Gasteiger partial charge in [0.1, 0.15) is 4.34 Å². The molecule has 0 unspecified atom stereocenters. The van der Waals surface area contributed by atoms with Gasteiger partial charge in [0.05, 0.1) is 15.2 Å². The monoisotopic (exact) mass is 413 g/mol. The van der Waals surface area contributed by atoms with E-state index in [0.29, 0.717) is 5.02 Å². The van der Waals surface area contributed by atoms with Crippen LogP contribution in [0.5, 0.6) is 0 Å². The van der Waals surface area contributed by atoms with Gasteiger partial charge in [-0.05, 0) is 50.1 Å². The SMILES string of the molecule is Clc1cccc(NCc2cc(Br)c(Cl)s2)c1Br. The normalized spacial score (nSPS) is 10.6. The Labute approximate surface area is 130 Å². The molecular formula is C11H7Br2Cl2NS. The second-order valence-electron chi connectivity index (χ2n) is 3.29. The Morgan fingerprint density at radius 2 is 2.00 bits per heavy atom. The van der Waals surface area contributed by atoms with Crippen molar-refractivity contribution in [2.24, 2.45) is 0 Å². The fourth-order valence-electron chi connectivity index (χ4n) is 1.30. The fraction of sp³-hybridized carbons (Fsp3) is 0.0909. The van der Waals surface area contributed by atoms with Gasteiger partial charge in [0.15, 0.2) is 0 Å². The smallest absolute Gasteiger partial charge is 0.107 e. The lowest BCUT2D eigenvalue weighted by atomic mass is 10.3. The summed E-state index contributed by atoms with van der Waals surface area (Å²) in [5.41, 5.74) is 0.971. The molecule has 1 heterocycles. The van der Waals surface area contributed by atoms with Crippen molar-refractivity contribution in [1.29, 1.82) is 0 Å². The summed E-state index contributed by atoms with van der Waals surface area (Å²) in [5, 5.41) is 4.01. The molecule has 2 aromatic rings. The molecule has 0 saturated heterocycles. The molecule has 0 aliphatic carbocycles. The number of benzene rings is 1. The van der Waals surface area contributed by atoms with Gasteiger partial charge in [-0.2, -0.15) is 0 Å². The van der Waals surface area contributed by atoms with Crippen molar-refractivity contribution in [1.82, 2.24) is 0 Å². The Morgan fingerprint density at radius 3 is 2.65 bits per heavy atom. The van der Waals surface area contributed by atoms with Gasteiger partial charge in [0.2, 0.25) is 0 Å². The molecule has 0 saturated carbocycles. The van der Waals surface area contributed by atoms with Crippen LogP contribution >= 0.6 is 66.4 Å². The summed E-state index contributed by atoms with van der Waals surface area (Å²) in [6, 6.07) is 7.74. The van der Waals surface area contributed by atoms with Crippen molar-refractivity contribution >= 4 is 72.1 Å². The minimum atomic E-state index is 0.695. The molecule has 0 atom stereocenters. The molecule has 1 aromatic carbocycles. The Balaban J connectivity index is 2.10. The third kappa shape index (κ3) is 3.38. The lowest BCUT2D eigenvalue weighted by Gasteiger charge is -2.08. The first kappa shape index (κ1) is 13.7. The van der Waals surface area contributed by atoms with Gasteiger partial charge >= 0.3 is 0 Å². The zero-order valence-corrected chi connectivity index (χ0v) is 13.9. The quantitative estimate of drug-likeness (QED) is 0.630. The molecule has 0 radical (unpaired) electrons. The maximum Gasteiger partial charge on any atom is 0.107 e. The minimum Gasteiger partial charge on any atom is -0.379 e. The maximum absolute atomic E-state index is 6.01. The number of thiophene rings is 1. The number of hydrogen-bond donors (Lipinski definition) is 1. The van der Waals surface area contributed by atoms with Gasteiger partial charge in [0.25, 0.3) is 0 Å². The van der Waals surface area contributed by atoms with Crippen LogP contribution in [-0.2, 0) is 6.54 Å². The Morgan fingerprint density at radius 1 is 1.24 bits per heavy atom. The first-order valence-corrected chi connectivity index (χ1v) is 7.85. The van der Waals surface area contributed by atoms with Crippen LogP contribution in [0, 0.1) is 0 Å². The van der Waals surface area contributed by atoms with E-state index in [4.69, 9.17) is 23.2 Å². The molecule has 1 N–H and O–H groups in total. The van der Waals surface area contributed by atoms with E-state index in [-0.39, 0.29) is 0 Å². The summed E-state index contributed by atoms with van der Waals surface area (Å²) < 4.78 is 2.58. The van der Waals surface area contributed by atoms with Gasteiger partial charge in [0, 0.05) is 15.9 Å². The van der Waals surface area contributed by atoms with Crippen molar-refractivity contribution in [3.05, 3.63) is 47.4 Å². The first-order valence-electron chi connectivity index (χ1n) is 4.69. The number of anilines is 1. The molecule has 0 fully saturated rings. The highest BCUT2D eigenvalue weighted by Gasteiger charge is 2.06. The van der Waals surface area contributed by atoms with Crippen LogP contribution in [-0.4, -0.2) is 0 Å². The summed E-state index contributed by atoms with van der Waals surface area (Å²) in [7, 11) is 0. The van der Waals surface area contributed by atoms with Gasteiger partial charge in [-0.25, -0.2) is 0 Å². The standard InChI is InChI=1S/C11H7Br2Cl2NS/c12-7-4-6(17-11(7)15)5-16-9-3-1-2-8(14)10(9)13/h1-4,16H,5H2. The highest BCUT2D eigenvalue weighted by Crippen LogP contribution is 2.34. The topological polar surface area (TPSA) is 12.0 Å². The molecule has 6 heteroatoms. The van der Waals surface area contributed by atoms with E-state index in [1.165, 1.54) is 0 Å². The Bertz CT molecular complexity index is 523. The molecule has 1 aromatic heterocycles. The third-order valence-corrected chi connectivity index (χ3v) is 5.97. The van der Waals surface area contributed by atoms with Crippen LogP contribution in [0.1, 0.15) is 4.88 Å². The van der Waals surface area contributed by atoms with Crippen LogP contribution < -0.4 is 5.32 Å². The molecule has 2 rings (SSSR count). The molecule has 0 bridgehead atoms. The molecule has 1 nitrogen and oxygen atoms in total. The molecular weight excluding hydrogens is 409 g/mol. The highest BCUT2D eigenvalue weighted by atomic mass is 79.9. The van der Waals surface area contributed by atoms with Crippen molar-refractivity contribution in [3.63, 3.8) is 0 Å². The maximum atomic E-state index is 6.01. The highest BCUT2D eigenvalue weighted by molar-refractivity contribution is 9.11. The lowest BCUT2D eigenvalue weighted by molar-refractivity contribution is 1.19. The molecule has 0 amide bonds. The summed E-state index contributed by atoms with van der Waals surface area (Å²) in [6.07, 6.45) is 0. The summed E-state index contributed by atoms with van der Waals surface area (Å²) >= 11 is 20.4. The van der Waals surface area contributed by atoms with E-state index in [1.807, 2.05) is 24.3 Å². The average molecular weight is 416 g/mol.